The molecule has 1 aliphatic heterocycles. The van der Waals surface area contributed by atoms with Crippen molar-refractivity contribution in [3.05, 3.63) is 76.3 Å². The number of amides is 1. The number of nitrogens with zero attached hydrogens (tertiary/aromatic N) is 2. The Balaban J connectivity index is 1.13. The standard InChI is InChI=1S/C26H25N3O5S/c1-17-20-14-23(35-25(20)29(28-17)15-19-5-3-2-4-6-19)26(31)34-16-24(30)27-10-9-18-7-8-21-22(13-18)33-12-11-32-21/h2-8,13-14H,9-12,15-16H2,1H3,(H,27,30). The van der Waals surface area contributed by atoms with Gasteiger partial charge in [-0.2, -0.15) is 5.10 Å². The molecule has 2 aromatic carbocycles. The van der Waals surface area contributed by atoms with Gasteiger partial charge in [0.2, 0.25) is 0 Å². The summed E-state index contributed by atoms with van der Waals surface area (Å²) in [6.07, 6.45) is 0.629. The van der Waals surface area contributed by atoms with E-state index in [1.54, 1.807) is 6.07 Å². The highest BCUT2D eigenvalue weighted by Gasteiger charge is 2.18. The van der Waals surface area contributed by atoms with E-state index in [9.17, 15) is 9.59 Å². The van der Waals surface area contributed by atoms with Gasteiger partial charge in [0.05, 0.1) is 12.2 Å². The van der Waals surface area contributed by atoms with Crippen LogP contribution in [0.2, 0.25) is 0 Å². The van der Waals surface area contributed by atoms with E-state index in [4.69, 9.17) is 14.2 Å². The Kier molecular flexibility index (Phi) is 6.67. The molecule has 5 rings (SSSR count). The van der Waals surface area contributed by atoms with E-state index in [0.29, 0.717) is 37.6 Å². The van der Waals surface area contributed by atoms with Gasteiger partial charge >= 0.3 is 5.97 Å². The van der Waals surface area contributed by atoms with E-state index >= 15 is 0 Å². The van der Waals surface area contributed by atoms with Crippen molar-refractivity contribution in [1.82, 2.24) is 15.1 Å². The third-order valence-corrected chi connectivity index (χ3v) is 6.79. The van der Waals surface area contributed by atoms with Crippen LogP contribution in [-0.2, 0) is 22.5 Å². The van der Waals surface area contributed by atoms with Crippen LogP contribution < -0.4 is 14.8 Å². The molecular weight excluding hydrogens is 466 g/mol. The van der Waals surface area contributed by atoms with Gasteiger partial charge in [-0.1, -0.05) is 36.4 Å². The quantitative estimate of drug-likeness (QED) is 0.378. The monoisotopic (exact) mass is 491 g/mol. The number of carbonyl (C=O) groups is 2. The van der Waals surface area contributed by atoms with Crippen molar-refractivity contribution in [1.29, 1.82) is 0 Å². The smallest absolute Gasteiger partial charge is 0.348 e. The lowest BCUT2D eigenvalue weighted by atomic mass is 10.1. The molecule has 180 valence electrons. The summed E-state index contributed by atoms with van der Waals surface area (Å²) in [6.45, 7) is 3.71. The number of hydrogen-bond donors (Lipinski definition) is 1. The topological polar surface area (TPSA) is 91.7 Å². The van der Waals surface area contributed by atoms with Crippen LogP contribution in [0.4, 0.5) is 0 Å². The van der Waals surface area contributed by atoms with Crippen molar-refractivity contribution in [2.24, 2.45) is 0 Å². The molecule has 0 atom stereocenters. The average molecular weight is 492 g/mol. The van der Waals surface area contributed by atoms with E-state index in [1.807, 2.05) is 60.1 Å². The first-order valence-corrected chi connectivity index (χ1v) is 12.2. The van der Waals surface area contributed by atoms with Gasteiger partial charge < -0.3 is 19.5 Å². The van der Waals surface area contributed by atoms with Gasteiger partial charge in [-0.3, -0.25) is 9.48 Å². The highest BCUT2D eigenvalue weighted by atomic mass is 32.1. The number of fused-ring (bicyclic) bond motifs is 2. The van der Waals surface area contributed by atoms with Crippen LogP contribution in [0.25, 0.3) is 10.2 Å². The summed E-state index contributed by atoms with van der Waals surface area (Å²) in [4.78, 5) is 26.1. The zero-order valence-electron chi connectivity index (χ0n) is 19.3. The minimum absolute atomic E-state index is 0.330. The molecule has 0 bridgehead atoms. The van der Waals surface area contributed by atoms with Crippen molar-refractivity contribution < 1.29 is 23.8 Å². The second kappa shape index (κ2) is 10.2. The number of nitrogens with one attached hydrogen (secondary N) is 1. The van der Waals surface area contributed by atoms with Crippen LogP contribution in [0, 0.1) is 6.92 Å². The number of carbonyl (C=O) groups excluding carboxylic acids is 2. The normalized spacial score (nSPS) is 12.5. The molecule has 0 saturated carbocycles. The largest absolute Gasteiger partial charge is 0.486 e. The van der Waals surface area contributed by atoms with Gasteiger partial charge in [0, 0.05) is 11.9 Å². The Morgan fingerprint density at radius 1 is 1.06 bits per heavy atom. The molecule has 2 aromatic heterocycles. The van der Waals surface area contributed by atoms with Crippen LogP contribution in [0.5, 0.6) is 11.5 Å². The molecule has 1 N–H and O–H groups in total. The molecule has 0 unspecified atom stereocenters. The van der Waals surface area contributed by atoms with Gasteiger partial charge in [0.25, 0.3) is 5.91 Å². The molecule has 0 spiro atoms. The van der Waals surface area contributed by atoms with E-state index in [0.717, 1.165) is 38.5 Å². The van der Waals surface area contributed by atoms with Crippen molar-refractivity contribution in [3.63, 3.8) is 0 Å². The molecule has 35 heavy (non-hydrogen) atoms. The first-order chi connectivity index (χ1) is 17.1. The predicted molar refractivity (Wildman–Crippen MR) is 132 cm³/mol. The zero-order valence-corrected chi connectivity index (χ0v) is 20.1. The lowest BCUT2D eigenvalue weighted by Gasteiger charge is -2.18. The lowest BCUT2D eigenvalue weighted by molar-refractivity contribution is -0.124. The Labute approximate surface area is 206 Å². The van der Waals surface area contributed by atoms with Crippen LogP contribution in [-0.4, -0.2) is 48.0 Å². The van der Waals surface area contributed by atoms with Crippen LogP contribution in [0.15, 0.2) is 54.6 Å². The first-order valence-electron chi connectivity index (χ1n) is 11.4. The third-order valence-electron chi connectivity index (χ3n) is 5.66. The zero-order chi connectivity index (χ0) is 24.2. The Hall–Kier alpha value is -3.85. The molecule has 0 saturated heterocycles. The van der Waals surface area contributed by atoms with Crippen molar-refractivity contribution in [2.45, 2.75) is 19.9 Å². The number of thiophene rings is 1. The van der Waals surface area contributed by atoms with E-state index in [-0.39, 0.29) is 12.5 Å². The van der Waals surface area contributed by atoms with Crippen molar-refractivity contribution in [3.8, 4) is 11.5 Å². The number of rotatable bonds is 8. The molecule has 0 fully saturated rings. The second-order valence-corrected chi connectivity index (χ2v) is 9.24. The molecule has 8 nitrogen and oxygen atoms in total. The number of aryl methyl sites for hydroxylation is 1. The van der Waals surface area contributed by atoms with Gasteiger partial charge in [-0.05, 0) is 42.7 Å². The molecular formula is C26H25N3O5S. The van der Waals surface area contributed by atoms with Gasteiger partial charge in [0.15, 0.2) is 18.1 Å². The fraction of sp³-hybridized carbons (Fsp3) is 0.269. The van der Waals surface area contributed by atoms with Gasteiger partial charge in [0.1, 0.15) is 22.9 Å². The molecule has 1 amide bonds. The fourth-order valence-electron chi connectivity index (χ4n) is 3.92. The number of esters is 1. The minimum atomic E-state index is -0.515. The summed E-state index contributed by atoms with van der Waals surface area (Å²) < 4.78 is 18.3. The SMILES string of the molecule is Cc1nn(Cc2ccccc2)c2sc(C(=O)OCC(=O)NCCc3ccc4c(c3)OCCO4)cc12. The van der Waals surface area contributed by atoms with Crippen LogP contribution in [0.1, 0.15) is 26.5 Å². The Bertz CT molecular complexity index is 1360. The summed E-state index contributed by atoms with van der Waals surface area (Å²) in [5.41, 5.74) is 3.00. The summed E-state index contributed by atoms with van der Waals surface area (Å²) >= 11 is 1.32. The number of aromatic nitrogens is 2. The first kappa shape index (κ1) is 22.9. The van der Waals surface area contributed by atoms with Gasteiger partial charge in [-0.25, -0.2) is 4.79 Å². The summed E-state index contributed by atoms with van der Waals surface area (Å²) in [5, 5.41) is 8.30. The lowest BCUT2D eigenvalue weighted by Crippen LogP contribution is -2.30. The maximum Gasteiger partial charge on any atom is 0.348 e. The molecule has 9 heteroatoms. The summed E-state index contributed by atoms with van der Waals surface area (Å²) in [7, 11) is 0. The maximum absolute atomic E-state index is 12.6. The van der Waals surface area contributed by atoms with E-state index < -0.39 is 5.97 Å². The van der Waals surface area contributed by atoms with Crippen LogP contribution in [0.3, 0.4) is 0 Å². The predicted octanol–water partition coefficient (Wildman–Crippen LogP) is 3.74. The Morgan fingerprint density at radius 2 is 1.86 bits per heavy atom. The van der Waals surface area contributed by atoms with E-state index in [2.05, 4.69) is 10.4 Å². The fourth-order valence-corrected chi connectivity index (χ4v) is 4.97. The molecule has 0 aliphatic carbocycles. The average Bonchev–Trinajstić information content (AvgIpc) is 3.44. The Morgan fingerprint density at radius 3 is 2.69 bits per heavy atom. The molecule has 0 radical (unpaired) electrons. The summed E-state index contributed by atoms with van der Waals surface area (Å²) in [5.74, 6) is 0.599. The van der Waals surface area contributed by atoms with E-state index in [1.165, 1.54) is 11.3 Å². The van der Waals surface area contributed by atoms with Crippen LogP contribution >= 0.6 is 11.3 Å². The van der Waals surface area contributed by atoms with Crippen molar-refractivity contribution in [2.75, 3.05) is 26.4 Å². The number of hydrogen-bond acceptors (Lipinski definition) is 7. The maximum atomic E-state index is 12.6. The van der Waals surface area contributed by atoms with Gasteiger partial charge in [-0.15, -0.1) is 11.3 Å². The van der Waals surface area contributed by atoms with Crippen molar-refractivity contribution >= 4 is 33.4 Å². The molecule has 3 heterocycles. The molecule has 4 aromatic rings. The molecule has 1 aliphatic rings. The number of benzene rings is 2. The highest BCUT2D eigenvalue weighted by Crippen LogP contribution is 2.31. The minimum Gasteiger partial charge on any atom is -0.486 e. The third kappa shape index (κ3) is 5.30. The highest BCUT2D eigenvalue weighted by molar-refractivity contribution is 7.20. The number of ether oxygens (including phenoxy) is 3. The summed E-state index contributed by atoms with van der Waals surface area (Å²) in [6, 6.07) is 17.6. The second-order valence-electron chi connectivity index (χ2n) is 8.21.